The van der Waals surface area contributed by atoms with Crippen LogP contribution in [0.4, 0.5) is 0 Å². The van der Waals surface area contributed by atoms with Crippen molar-refractivity contribution in [3.05, 3.63) is 30.4 Å². The fraction of sp³-hybridized carbons (Fsp3) is 0.250. The second-order valence-corrected chi connectivity index (χ2v) is 2.84. The van der Waals surface area contributed by atoms with E-state index in [1.807, 2.05) is 24.0 Å². The number of rotatable bonds is 2. The molecule has 0 fully saturated rings. The van der Waals surface area contributed by atoms with Gasteiger partial charge in [-0.3, -0.25) is 0 Å². The maximum absolute atomic E-state index is 5.47. The molecule has 5 nitrogen and oxygen atoms in total. The summed E-state index contributed by atoms with van der Waals surface area (Å²) in [5.74, 6) is 0.791. The van der Waals surface area contributed by atoms with Gasteiger partial charge in [-0.05, 0) is 0 Å². The van der Waals surface area contributed by atoms with E-state index in [-0.39, 0.29) is 0 Å². The van der Waals surface area contributed by atoms with Gasteiger partial charge >= 0.3 is 0 Å². The Labute approximate surface area is 75.8 Å². The number of hydrogen-bond acceptors (Lipinski definition) is 3. The average Bonchev–Trinajstić information content (AvgIpc) is 2.71. The van der Waals surface area contributed by atoms with Crippen molar-refractivity contribution in [2.75, 3.05) is 0 Å². The lowest BCUT2D eigenvalue weighted by molar-refractivity contribution is 0.749. The van der Waals surface area contributed by atoms with Gasteiger partial charge in [0.25, 0.3) is 0 Å². The van der Waals surface area contributed by atoms with Crippen molar-refractivity contribution in [2.45, 2.75) is 6.54 Å². The van der Waals surface area contributed by atoms with Crippen LogP contribution in [-0.4, -0.2) is 19.3 Å². The predicted molar refractivity (Wildman–Crippen MR) is 48.2 cm³/mol. The minimum atomic E-state index is 0.504. The summed E-state index contributed by atoms with van der Waals surface area (Å²) in [4.78, 5) is 4.16. The Hall–Kier alpha value is -1.62. The summed E-state index contributed by atoms with van der Waals surface area (Å²) in [6.45, 7) is 0.504. The second-order valence-electron chi connectivity index (χ2n) is 2.84. The van der Waals surface area contributed by atoms with Crippen molar-refractivity contribution in [2.24, 2.45) is 12.8 Å². The van der Waals surface area contributed by atoms with E-state index < -0.39 is 0 Å². The molecule has 0 aliphatic heterocycles. The third-order valence-electron chi connectivity index (χ3n) is 1.87. The van der Waals surface area contributed by atoms with Crippen LogP contribution in [0.5, 0.6) is 0 Å². The van der Waals surface area contributed by atoms with Crippen LogP contribution in [0.15, 0.2) is 24.8 Å². The van der Waals surface area contributed by atoms with E-state index >= 15 is 0 Å². The van der Waals surface area contributed by atoms with Crippen molar-refractivity contribution in [3.8, 4) is 5.95 Å². The standard InChI is InChI=1S/C8H11N5/c1-12-3-2-10-8(12)13-6-7(4-9)5-11-13/h2-3,5-6H,4,9H2,1H3. The summed E-state index contributed by atoms with van der Waals surface area (Å²) >= 11 is 0. The lowest BCUT2D eigenvalue weighted by Crippen LogP contribution is -2.03. The quantitative estimate of drug-likeness (QED) is 0.705. The molecule has 0 aromatic carbocycles. The molecule has 2 aromatic rings. The third kappa shape index (κ3) is 1.33. The van der Waals surface area contributed by atoms with Gasteiger partial charge in [-0.2, -0.15) is 5.10 Å². The summed E-state index contributed by atoms with van der Waals surface area (Å²) in [5.41, 5.74) is 6.48. The minimum Gasteiger partial charge on any atom is -0.326 e. The molecule has 2 rings (SSSR count). The SMILES string of the molecule is Cn1ccnc1-n1cc(CN)cn1. The molecule has 0 amide bonds. The number of nitrogens with zero attached hydrogens (tertiary/aromatic N) is 4. The molecule has 0 saturated heterocycles. The van der Waals surface area contributed by atoms with Crippen molar-refractivity contribution < 1.29 is 0 Å². The Kier molecular flexibility index (Phi) is 1.86. The van der Waals surface area contributed by atoms with Crippen LogP contribution in [0.25, 0.3) is 5.95 Å². The van der Waals surface area contributed by atoms with Gasteiger partial charge in [0.2, 0.25) is 5.95 Å². The smallest absolute Gasteiger partial charge is 0.230 e. The predicted octanol–water partition coefficient (Wildman–Crippen LogP) is 0.0645. The van der Waals surface area contributed by atoms with E-state index in [2.05, 4.69) is 10.1 Å². The highest BCUT2D eigenvalue weighted by Gasteiger charge is 2.03. The molecule has 0 radical (unpaired) electrons. The maximum atomic E-state index is 5.47. The Balaban J connectivity index is 2.41. The van der Waals surface area contributed by atoms with Crippen LogP contribution in [0, 0.1) is 0 Å². The molecule has 2 aromatic heterocycles. The molecule has 2 heterocycles. The second kappa shape index (κ2) is 3.02. The first-order chi connectivity index (χ1) is 6.31. The first-order valence-electron chi connectivity index (χ1n) is 4.02. The van der Waals surface area contributed by atoms with Crippen LogP contribution >= 0.6 is 0 Å². The molecule has 68 valence electrons. The van der Waals surface area contributed by atoms with E-state index in [0.717, 1.165) is 11.5 Å². The Bertz CT molecular complexity index is 400. The van der Waals surface area contributed by atoms with Crippen molar-refractivity contribution in [3.63, 3.8) is 0 Å². The van der Waals surface area contributed by atoms with Crippen molar-refractivity contribution in [1.29, 1.82) is 0 Å². The highest BCUT2D eigenvalue weighted by Crippen LogP contribution is 2.03. The monoisotopic (exact) mass is 177 g/mol. The zero-order valence-corrected chi connectivity index (χ0v) is 7.38. The first kappa shape index (κ1) is 8.00. The number of aromatic nitrogens is 4. The Morgan fingerprint density at radius 2 is 2.38 bits per heavy atom. The summed E-state index contributed by atoms with van der Waals surface area (Å²) in [7, 11) is 1.92. The van der Waals surface area contributed by atoms with E-state index in [1.54, 1.807) is 17.1 Å². The molecule has 0 atom stereocenters. The van der Waals surface area contributed by atoms with Gasteiger partial charge in [-0.1, -0.05) is 0 Å². The maximum Gasteiger partial charge on any atom is 0.230 e. The average molecular weight is 177 g/mol. The van der Waals surface area contributed by atoms with Gasteiger partial charge in [0.15, 0.2) is 0 Å². The summed E-state index contributed by atoms with van der Waals surface area (Å²) in [6, 6.07) is 0. The van der Waals surface area contributed by atoms with Crippen molar-refractivity contribution in [1.82, 2.24) is 19.3 Å². The number of nitrogens with two attached hydrogens (primary N) is 1. The molecule has 0 bridgehead atoms. The fourth-order valence-electron chi connectivity index (χ4n) is 1.15. The van der Waals surface area contributed by atoms with Crippen LogP contribution in [-0.2, 0) is 13.6 Å². The lowest BCUT2D eigenvalue weighted by atomic mass is 10.4. The van der Waals surface area contributed by atoms with Crippen LogP contribution in [0.3, 0.4) is 0 Å². The fourth-order valence-corrected chi connectivity index (χ4v) is 1.15. The summed E-state index contributed by atoms with van der Waals surface area (Å²) < 4.78 is 3.61. The highest BCUT2D eigenvalue weighted by molar-refractivity contribution is 5.15. The van der Waals surface area contributed by atoms with Gasteiger partial charge < -0.3 is 10.3 Å². The first-order valence-corrected chi connectivity index (χ1v) is 4.02. The highest BCUT2D eigenvalue weighted by atomic mass is 15.4. The molecule has 5 heteroatoms. The summed E-state index contributed by atoms with van der Waals surface area (Å²) in [6.07, 6.45) is 7.23. The van der Waals surface area contributed by atoms with Crippen LogP contribution in [0.1, 0.15) is 5.56 Å². The van der Waals surface area contributed by atoms with Gasteiger partial charge in [-0.15, -0.1) is 0 Å². The number of aryl methyl sites for hydroxylation is 1. The zero-order valence-electron chi connectivity index (χ0n) is 7.38. The van der Waals surface area contributed by atoms with Gasteiger partial charge in [0.05, 0.1) is 6.20 Å². The molecule has 0 spiro atoms. The molecule has 13 heavy (non-hydrogen) atoms. The minimum absolute atomic E-state index is 0.504. The van der Waals surface area contributed by atoms with Crippen molar-refractivity contribution >= 4 is 0 Å². The van der Waals surface area contributed by atoms with Gasteiger partial charge in [-0.25, -0.2) is 9.67 Å². The van der Waals surface area contributed by atoms with E-state index in [0.29, 0.717) is 6.54 Å². The van der Waals surface area contributed by atoms with Crippen LogP contribution < -0.4 is 5.73 Å². The molecule has 0 saturated carbocycles. The van der Waals surface area contributed by atoms with Gasteiger partial charge in [0.1, 0.15) is 0 Å². The topological polar surface area (TPSA) is 61.7 Å². The molecule has 0 aliphatic rings. The lowest BCUT2D eigenvalue weighted by Gasteiger charge is -1.99. The van der Waals surface area contributed by atoms with E-state index in [9.17, 15) is 0 Å². The number of imidazole rings is 1. The van der Waals surface area contributed by atoms with Crippen LogP contribution in [0.2, 0.25) is 0 Å². The molecule has 2 N–H and O–H groups in total. The number of hydrogen-bond donors (Lipinski definition) is 1. The Morgan fingerprint density at radius 3 is 2.92 bits per heavy atom. The Morgan fingerprint density at radius 1 is 1.54 bits per heavy atom. The zero-order chi connectivity index (χ0) is 9.26. The third-order valence-corrected chi connectivity index (χ3v) is 1.87. The molecular formula is C8H11N5. The van der Waals surface area contributed by atoms with E-state index in [4.69, 9.17) is 5.73 Å². The summed E-state index contributed by atoms with van der Waals surface area (Å²) in [5, 5.41) is 4.14. The van der Waals surface area contributed by atoms with E-state index in [1.165, 1.54) is 0 Å². The largest absolute Gasteiger partial charge is 0.326 e. The normalized spacial score (nSPS) is 10.6. The van der Waals surface area contributed by atoms with Gasteiger partial charge in [0, 0.05) is 37.7 Å². The molecular weight excluding hydrogens is 166 g/mol. The molecule has 0 unspecified atom stereocenters. The molecule has 0 aliphatic carbocycles.